The topological polar surface area (TPSA) is 42.6 Å². The Morgan fingerprint density at radius 3 is 2.41 bits per heavy atom. The van der Waals surface area contributed by atoms with E-state index >= 15 is 0 Å². The molecule has 0 aliphatic rings. The smallest absolute Gasteiger partial charge is 0.135 e. The molecule has 1 unspecified atom stereocenters. The lowest BCUT2D eigenvalue weighted by molar-refractivity contribution is 0.207. The average Bonchev–Trinajstić information content (AvgIpc) is 2.81. The van der Waals surface area contributed by atoms with Gasteiger partial charge >= 0.3 is 0 Å². The zero-order valence-electron chi connectivity index (χ0n) is 8.98. The van der Waals surface area contributed by atoms with Crippen molar-refractivity contribution in [1.29, 1.82) is 0 Å². The number of hydrogen-bond donors (Lipinski definition) is 1. The number of methoxy groups -OCH3 is 1. The van der Waals surface area contributed by atoms with Crippen molar-refractivity contribution < 1.29 is 23.0 Å². The van der Waals surface area contributed by atoms with Crippen molar-refractivity contribution in [3.05, 3.63) is 53.5 Å². The minimum atomic E-state index is -1.40. The van der Waals surface area contributed by atoms with Crippen LogP contribution < -0.4 is 4.74 Å². The monoisotopic (exact) mass is 240 g/mol. The van der Waals surface area contributed by atoms with Crippen molar-refractivity contribution in [2.24, 2.45) is 0 Å². The minimum Gasteiger partial charge on any atom is -0.497 e. The van der Waals surface area contributed by atoms with E-state index in [0.717, 1.165) is 12.1 Å². The molecule has 1 aromatic carbocycles. The quantitative estimate of drug-likeness (QED) is 0.896. The highest BCUT2D eigenvalue weighted by molar-refractivity contribution is 5.35. The van der Waals surface area contributed by atoms with Crippen molar-refractivity contribution in [2.45, 2.75) is 6.10 Å². The fourth-order valence-electron chi connectivity index (χ4n) is 1.54. The Kier molecular flexibility index (Phi) is 3.10. The Morgan fingerprint density at radius 2 is 1.94 bits per heavy atom. The molecule has 0 aliphatic heterocycles. The number of halogens is 2. The molecule has 90 valence electrons. The molecule has 2 rings (SSSR count). The number of benzene rings is 1. The molecule has 0 radical (unpaired) electrons. The predicted octanol–water partition coefficient (Wildman–Crippen LogP) is 2.65. The van der Waals surface area contributed by atoms with Gasteiger partial charge in [0.2, 0.25) is 0 Å². The van der Waals surface area contributed by atoms with Gasteiger partial charge in [0, 0.05) is 17.7 Å². The van der Waals surface area contributed by atoms with Gasteiger partial charge in [-0.15, -0.1) is 0 Å². The molecule has 1 heterocycles. The fraction of sp³-hybridized carbons (Fsp3) is 0.167. The second-order valence-corrected chi connectivity index (χ2v) is 3.46. The minimum absolute atomic E-state index is 0.0585. The predicted molar refractivity (Wildman–Crippen MR) is 55.7 cm³/mol. The van der Waals surface area contributed by atoms with Gasteiger partial charge in [0.25, 0.3) is 0 Å². The Hall–Kier alpha value is -1.88. The normalized spacial score (nSPS) is 12.5. The van der Waals surface area contributed by atoms with Crippen LogP contribution in [0.5, 0.6) is 5.75 Å². The third-order valence-electron chi connectivity index (χ3n) is 2.42. The van der Waals surface area contributed by atoms with Gasteiger partial charge in [-0.1, -0.05) is 0 Å². The average molecular weight is 240 g/mol. The maximum Gasteiger partial charge on any atom is 0.135 e. The Bertz CT molecular complexity index is 485. The van der Waals surface area contributed by atoms with Crippen LogP contribution in [0, 0.1) is 11.6 Å². The summed E-state index contributed by atoms with van der Waals surface area (Å²) >= 11 is 0. The van der Waals surface area contributed by atoms with Gasteiger partial charge in [0.05, 0.1) is 25.2 Å². The van der Waals surface area contributed by atoms with Crippen LogP contribution in [-0.2, 0) is 0 Å². The van der Waals surface area contributed by atoms with E-state index in [2.05, 4.69) is 0 Å². The van der Waals surface area contributed by atoms with Gasteiger partial charge in [0.1, 0.15) is 23.5 Å². The van der Waals surface area contributed by atoms with E-state index in [4.69, 9.17) is 9.15 Å². The van der Waals surface area contributed by atoms with Crippen LogP contribution in [0.1, 0.15) is 17.2 Å². The standard InChI is InChI=1S/C12H10F2O3/c1-16-8-4-9(13)11(10(14)5-8)12(15)7-2-3-17-6-7/h2-6,12,15H,1H3. The third kappa shape index (κ3) is 2.14. The lowest BCUT2D eigenvalue weighted by Crippen LogP contribution is -2.05. The number of hydrogen-bond acceptors (Lipinski definition) is 3. The number of ether oxygens (including phenoxy) is 1. The summed E-state index contributed by atoms with van der Waals surface area (Å²) in [5.41, 5.74) is -0.139. The molecule has 1 aromatic heterocycles. The van der Waals surface area contributed by atoms with Crippen molar-refractivity contribution in [2.75, 3.05) is 7.11 Å². The summed E-state index contributed by atoms with van der Waals surface area (Å²) in [5.74, 6) is -1.67. The first-order valence-corrected chi connectivity index (χ1v) is 4.86. The Morgan fingerprint density at radius 1 is 1.29 bits per heavy atom. The highest BCUT2D eigenvalue weighted by Gasteiger charge is 2.21. The van der Waals surface area contributed by atoms with E-state index in [-0.39, 0.29) is 11.3 Å². The molecule has 5 heteroatoms. The summed E-state index contributed by atoms with van der Waals surface area (Å²) in [7, 11) is 1.31. The largest absolute Gasteiger partial charge is 0.497 e. The van der Waals surface area contributed by atoms with Gasteiger partial charge < -0.3 is 14.3 Å². The number of aliphatic hydroxyl groups excluding tert-OH is 1. The zero-order valence-corrected chi connectivity index (χ0v) is 8.98. The Labute approximate surface area is 96.3 Å². The Balaban J connectivity index is 2.45. The van der Waals surface area contributed by atoms with E-state index in [1.807, 2.05) is 0 Å². The van der Waals surface area contributed by atoms with Crippen LogP contribution in [-0.4, -0.2) is 12.2 Å². The molecule has 0 fully saturated rings. The molecular weight excluding hydrogens is 230 g/mol. The molecular formula is C12H10F2O3. The maximum atomic E-state index is 13.6. The second-order valence-electron chi connectivity index (χ2n) is 3.46. The van der Waals surface area contributed by atoms with Crippen molar-refractivity contribution in [3.8, 4) is 5.75 Å². The van der Waals surface area contributed by atoms with Gasteiger partial charge in [-0.3, -0.25) is 0 Å². The summed E-state index contributed by atoms with van der Waals surface area (Å²) in [6.07, 6.45) is 1.14. The molecule has 0 saturated heterocycles. The molecule has 0 saturated carbocycles. The first kappa shape index (κ1) is 11.6. The first-order chi connectivity index (χ1) is 8.13. The number of aliphatic hydroxyl groups is 1. The van der Waals surface area contributed by atoms with Gasteiger partial charge in [-0.05, 0) is 6.07 Å². The van der Waals surface area contributed by atoms with Gasteiger partial charge in [-0.25, -0.2) is 8.78 Å². The molecule has 0 bridgehead atoms. The molecule has 0 spiro atoms. The molecule has 0 aliphatic carbocycles. The fourth-order valence-corrected chi connectivity index (χ4v) is 1.54. The van der Waals surface area contributed by atoms with E-state index < -0.39 is 23.3 Å². The summed E-state index contributed by atoms with van der Waals surface area (Å²) in [6.45, 7) is 0. The van der Waals surface area contributed by atoms with Crippen LogP contribution in [0.3, 0.4) is 0 Å². The van der Waals surface area contributed by atoms with Gasteiger partial charge in [-0.2, -0.15) is 0 Å². The maximum absolute atomic E-state index is 13.6. The molecule has 17 heavy (non-hydrogen) atoms. The summed E-state index contributed by atoms with van der Waals surface area (Å²) in [5, 5.41) is 9.83. The molecule has 2 aromatic rings. The first-order valence-electron chi connectivity index (χ1n) is 4.86. The lowest BCUT2D eigenvalue weighted by Gasteiger charge is -2.12. The van der Waals surface area contributed by atoms with Crippen molar-refractivity contribution >= 4 is 0 Å². The highest BCUT2D eigenvalue weighted by Crippen LogP contribution is 2.29. The van der Waals surface area contributed by atoms with E-state index in [9.17, 15) is 13.9 Å². The summed E-state index contributed by atoms with van der Waals surface area (Å²) in [6, 6.07) is 3.47. The van der Waals surface area contributed by atoms with Crippen LogP contribution in [0.2, 0.25) is 0 Å². The third-order valence-corrected chi connectivity index (χ3v) is 2.42. The highest BCUT2D eigenvalue weighted by atomic mass is 19.1. The van der Waals surface area contributed by atoms with Crippen molar-refractivity contribution in [3.63, 3.8) is 0 Å². The van der Waals surface area contributed by atoms with E-state index in [1.54, 1.807) is 0 Å². The van der Waals surface area contributed by atoms with Crippen LogP contribution in [0.25, 0.3) is 0 Å². The molecule has 1 N–H and O–H groups in total. The van der Waals surface area contributed by atoms with E-state index in [0.29, 0.717) is 0 Å². The SMILES string of the molecule is COc1cc(F)c(C(O)c2ccoc2)c(F)c1. The molecule has 1 atom stereocenters. The van der Waals surface area contributed by atoms with Crippen molar-refractivity contribution in [1.82, 2.24) is 0 Å². The second kappa shape index (κ2) is 4.55. The zero-order chi connectivity index (χ0) is 12.4. The summed E-state index contributed by atoms with van der Waals surface area (Å²) in [4.78, 5) is 0. The lowest BCUT2D eigenvalue weighted by atomic mass is 10.0. The number of furan rings is 1. The van der Waals surface area contributed by atoms with E-state index in [1.165, 1.54) is 25.7 Å². The number of rotatable bonds is 3. The van der Waals surface area contributed by atoms with Crippen LogP contribution in [0.15, 0.2) is 35.1 Å². The van der Waals surface area contributed by atoms with Crippen LogP contribution in [0.4, 0.5) is 8.78 Å². The molecule has 0 amide bonds. The van der Waals surface area contributed by atoms with Crippen LogP contribution >= 0.6 is 0 Å². The summed E-state index contributed by atoms with van der Waals surface area (Å²) < 4.78 is 36.7. The van der Waals surface area contributed by atoms with Gasteiger partial charge in [0.15, 0.2) is 0 Å². The molecule has 3 nitrogen and oxygen atoms in total.